The Bertz CT molecular complexity index is 558. The van der Waals surface area contributed by atoms with Crippen molar-refractivity contribution in [1.29, 1.82) is 0 Å². The molecule has 2 rings (SSSR count). The number of non-ortho nitro benzene ring substituents is 1. The number of hydrogen-bond acceptors (Lipinski definition) is 2. The third-order valence-electron chi connectivity index (χ3n) is 3.41. The average Bonchev–Trinajstić information content (AvgIpc) is 2.70. The third kappa shape index (κ3) is 1.90. The van der Waals surface area contributed by atoms with Gasteiger partial charge in [0.05, 0.1) is 4.92 Å². The van der Waals surface area contributed by atoms with Gasteiger partial charge in [0, 0.05) is 17.6 Å². The van der Waals surface area contributed by atoms with Gasteiger partial charge in [0.1, 0.15) is 5.52 Å². The molecule has 4 heteroatoms. The van der Waals surface area contributed by atoms with Crippen LogP contribution < -0.4 is 0 Å². The lowest BCUT2D eigenvalue weighted by atomic mass is 9.90. The molecule has 1 aromatic heterocycles. The Labute approximate surface area is 99.8 Å². The van der Waals surface area contributed by atoms with Gasteiger partial charge >= 0.3 is 0 Å². The van der Waals surface area contributed by atoms with Gasteiger partial charge in [0.2, 0.25) is 0 Å². The Kier molecular flexibility index (Phi) is 2.88. The summed E-state index contributed by atoms with van der Waals surface area (Å²) in [5, 5.41) is 11.9. The second kappa shape index (κ2) is 4.20. The fourth-order valence-electron chi connectivity index (χ4n) is 2.05. The van der Waals surface area contributed by atoms with Gasteiger partial charge in [0.15, 0.2) is 0 Å². The molecule has 0 aliphatic heterocycles. The lowest BCUT2D eigenvalue weighted by Crippen LogP contribution is -2.00. The van der Waals surface area contributed by atoms with Gasteiger partial charge in [-0.25, -0.2) is 0 Å². The first kappa shape index (κ1) is 11.6. The lowest BCUT2D eigenvalue weighted by molar-refractivity contribution is -0.383. The number of hydrogen-bond donors (Lipinski definition) is 1. The molecule has 1 N–H and O–H groups in total. The van der Waals surface area contributed by atoms with Gasteiger partial charge in [-0.15, -0.1) is 0 Å². The molecule has 1 heterocycles. The first-order valence-electron chi connectivity index (χ1n) is 5.76. The molecule has 4 nitrogen and oxygen atoms in total. The van der Waals surface area contributed by atoms with Crippen LogP contribution in [0.2, 0.25) is 0 Å². The molecule has 0 saturated carbocycles. The van der Waals surface area contributed by atoms with Crippen LogP contribution in [0, 0.1) is 16.0 Å². The number of fused-ring (bicyclic) bond motifs is 1. The number of benzene rings is 1. The van der Waals surface area contributed by atoms with Crippen LogP contribution in [0.5, 0.6) is 0 Å². The van der Waals surface area contributed by atoms with E-state index in [0.29, 0.717) is 17.4 Å². The van der Waals surface area contributed by atoms with E-state index in [0.717, 1.165) is 10.9 Å². The summed E-state index contributed by atoms with van der Waals surface area (Å²) in [6.45, 7) is 6.45. The number of rotatable bonds is 3. The number of nitrogens with one attached hydrogen (secondary N) is 1. The molecule has 2 aromatic rings. The molecule has 0 bridgehead atoms. The zero-order valence-electron chi connectivity index (χ0n) is 10.2. The van der Waals surface area contributed by atoms with Crippen molar-refractivity contribution in [3.05, 3.63) is 40.1 Å². The lowest BCUT2D eigenvalue weighted by Gasteiger charge is -2.14. The molecule has 0 radical (unpaired) electrons. The highest BCUT2D eigenvalue weighted by molar-refractivity contribution is 5.90. The van der Waals surface area contributed by atoms with E-state index >= 15 is 0 Å². The van der Waals surface area contributed by atoms with Gasteiger partial charge in [-0.05, 0) is 17.4 Å². The second-order valence-electron chi connectivity index (χ2n) is 4.73. The Morgan fingerprint density at radius 3 is 2.59 bits per heavy atom. The molecular weight excluding hydrogens is 216 g/mol. The zero-order chi connectivity index (χ0) is 12.6. The minimum absolute atomic E-state index is 0.143. The predicted octanol–water partition coefficient (Wildman–Crippen LogP) is 3.84. The molecule has 0 fully saturated rings. The van der Waals surface area contributed by atoms with Gasteiger partial charge in [0.25, 0.3) is 5.69 Å². The minimum atomic E-state index is -0.345. The summed E-state index contributed by atoms with van der Waals surface area (Å²) < 4.78 is 0. The maximum absolute atomic E-state index is 10.9. The number of nitrogens with zero attached hydrogens (tertiary/aromatic N) is 1. The van der Waals surface area contributed by atoms with E-state index in [1.165, 1.54) is 6.07 Å². The number of aromatic nitrogens is 1. The number of aromatic amines is 1. The first-order valence-corrected chi connectivity index (χ1v) is 5.76. The normalized spacial score (nSPS) is 13.2. The zero-order valence-corrected chi connectivity index (χ0v) is 10.2. The van der Waals surface area contributed by atoms with Gasteiger partial charge in [-0.3, -0.25) is 10.1 Å². The maximum atomic E-state index is 10.9. The van der Waals surface area contributed by atoms with Crippen molar-refractivity contribution in [3.8, 4) is 0 Å². The van der Waals surface area contributed by atoms with Crippen molar-refractivity contribution in [2.75, 3.05) is 0 Å². The van der Waals surface area contributed by atoms with Crippen LogP contribution in [0.25, 0.3) is 10.9 Å². The van der Waals surface area contributed by atoms with Crippen LogP contribution in [-0.2, 0) is 0 Å². The highest BCUT2D eigenvalue weighted by atomic mass is 16.6. The minimum Gasteiger partial charge on any atom is -0.355 e. The van der Waals surface area contributed by atoms with E-state index in [1.54, 1.807) is 6.07 Å². The standard InChI is InChI=1S/C13H16N2O2/c1-8(2)9(3)11-7-14-13-10(11)5-4-6-12(13)15(16)17/h4-9,14H,1-3H3. The van der Waals surface area contributed by atoms with Gasteiger partial charge in [-0.1, -0.05) is 32.9 Å². The molecule has 0 aliphatic rings. The van der Waals surface area contributed by atoms with E-state index in [1.807, 2.05) is 12.3 Å². The van der Waals surface area contributed by atoms with Crippen LogP contribution in [0.3, 0.4) is 0 Å². The monoisotopic (exact) mass is 232 g/mol. The smallest absolute Gasteiger partial charge is 0.293 e. The highest BCUT2D eigenvalue weighted by Crippen LogP contribution is 2.33. The van der Waals surface area contributed by atoms with Crippen molar-refractivity contribution in [1.82, 2.24) is 4.98 Å². The van der Waals surface area contributed by atoms with Crippen molar-refractivity contribution in [2.24, 2.45) is 5.92 Å². The van der Waals surface area contributed by atoms with Crippen molar-refractivity contribution in [2.45, 2.75) is 26.7 Å². The summed E-state index contributed by atoms with van der Waals surface area (Å²) in [6.07, 6.45) is 1.89. The number of para-hydroxylation sites is 1. The Morgan fingerprint density at radius 2 is 2.00 bits per heavy atom. The number of nitro benzene ring substituents is 1. The summed E-state index contributed by atoms with van der Waals surface area (Å²) in [6, 6.07) is 5.21. The topological polar surface area (TPSA) is 58.9 Å². The van der Waals surface area contributed by atoms with Crippen LogP contribution in [0.4, 0.5) is 5.69 Å². The van der Waals surface area contributed by atoms with E-state index in [4.69, 9.17) is 0 Å². The van der Waals surface area contributed by atoms with Crippen LogP contribution in [0.15, 0.2) is 24.4 Å². The molecular formula is C13H16N2O2. The molecule has 1 atom stereocenters. The molecule has 1 aromatic carbocycles. The molecule has 17 heavy (non-hydrogen) atoms. The second-order valence-corrected chi connectivity index (χ2v) is 4.73. The number of H-pyrrole nitrogens is 1. The average molecular weight is 232 g/mol. The summed E-state index contributed by atoms with van der Waals surface area (Å²) in [4.78, 5) is 13.6. The number of nitro groups is 1. The largest absolute Gasteiger partial charge is 0.355 e. The first-order chi connectivity index (χ1) is 8.02. The third-order valence-corrected chi connectivity index (χ3v) is 3.41. The molecule has 0 amide bonds. The fraction of sp³-hybridized carbons (Fsp3) is 0.385. The summed E-state index contributed by atoms with van der Waals surface area (Å²) in [5.41, 5.74) is 1.92. The van der Waals surface area contributed by atoms with Crippen LogP contribution >= 0.6 is 0 Å². The molecule has 0 aliphatic carbocycles. The van der Waals surface area contributed by atoms with Crippen molar-refractivity contribution < 1.29 is 4.92 Å². The van der Waals surface area contributed by atoms with Gasteiger partial charge < -0.3 is 4.98 Å². The van der Waals surface area contributed by atoms with Gasteiger partial charge in [-0.2, -0.15) is 0 Å². The van der Waals surface area contributed by atoms with Crippen LogP contribution in [-0.4, -0.2) is 9.91 Å². The maximum Gasteiger partial charge on any atom is 0.293 e. The summed E-state index contributed by atoms with van der Waals surface area (Å²) in [7, 11) is 0. The summed E-state index contributed by atoms with van der Waals surface area (Å²) >= 11 is 0. The Morgan fingerprint density at radius 1 is 1.29 bits per heavy atom. The highest BCUT2D eigenvalue weighted by Gasteiger charge is 2.19. The van der Waals surface area contributed by atoms with Crippen LogP contribution in [0.1, 0.15) is 32.3 Å². The molecule has 0 saturated heterocycles. The van der Waals surface area contributed by atoms with Crippen molar-refractivity contribution >= 4 is 16.6 Å². The predicted molar refractivity (Wildman–Crippen MR) is 68.2 cm³/mol. The SMILES string of the molecule is CC(C)C(C)c1c[nH]c2c([N+](=O)[O-])cccc12. The molecule has 90 valence electrons. The van der Waals surface area contributed by atoms with Crippen molar-refractivity contribution in [3.63, 3.8) is 0 Å². The molecule has 1 unspecified atom stereocenters. The molecule has 0 spiro atoms. The Hall–Kier alpha value is -1.84. The van der Waals surface area contributed by atoms with E-state index < -0.39 is 0 Å². The van der Waals surface area contributed by atoms with E-state index in [-0.39, 0.29) is 10.6 Å². The van der Waals surface area contributed by atoms with E-state index in [2.05, 4.69) is 25.8 Å². The fourth-order valence-corrected chi connectivity index (χ4v) is 2.05. The summed E-state index contributed by atoms with van der Waals surface area (Å²) in [5.74, 6) is 0.888. The van der Waals surface area contributed by atoms with E-state index in [9.17, 15) is 10.1 Å². The quantitative estimate of drug-likeness (QED) is 0.645. The Balaban J connectivity index is 2.62.